The molecule has 1 aliphatic heterocycles. The van der Waals surface area contributed by atoms with E-state index in [-0.39, 0.29) is 0 Å². The van der Waals surface area contributed by atoms with Gasteiger partial charge in [-0.15, -0.1) is 0 Å². The number of fused-ring (bicyclic) bond motifs is 1. The molecule has 2 N–H and O–H groups in total. The van der Waals surface area contributed by atoms with Crippen molar-refractivity contribution in [3.05, 3.63) is 42.0 Å². The van der Waals surface area contributed by atoms with E-state index in [9.17, 15) is 0 Å². The Labute approximate surface area is 99.8 Å². The molecule has 2 aromatic rings. The zero-order valence-electron chi connectivity index (χ0n) is 9.57. The van der Waals surface area contributed by atoms with Crippen LogP contribution in [0.15, 0.2) is 36.4 Å². The first-order chi connectivity index (χ1) is 8.25. The molecule has 0 aliphatic carbocycles. The zero-order valence-corrected chi connectivity index (χ0v) is 9.57. The maximum atomic E-state index is 6.09. The highest BCUT2D eigenvalue weighted by Gasteiger charge is 2.14. The summed E-state index contributed by atoms with van der Waals surface area (Å²) in [5.74, 6) is 1.57. The summed E-state index contributed by atoms with van der Waals surface area (Å²) in [6, 6.07) is 11.9. The molecule has 86 valence electrons. The number of rotatable bonds is 1. The topological polar surface area (TPSA) is 44.5 Å². The van der Waals surface area contributed by atoms with E-state index in [0.717, 1.165) is 33.9 Å². The molecule has 0 atom stereocenters. The van der Waals surface area contributed by atoms with Gasteiger partial charge < -0.3 is 15.2 Å². The Morgan fingerprint density at radius 2 is 1.88 bits per heavy atom. The summed E-state index contributed by atoms with van der Waals surface area (Å²) >= 11 is 0. The Morgan fingerprint density at radius 3 is 2.76 bits per heavy atom. The highest BCUT2D eigenvalue weighted by atomic mass is 16.7. The van der Waals surface area contributed by atoms with Crippen molar-refractivity contribution in [2.45, 2.75) is 6.92 Å². The third kappa shape index (κ3) is 1.60. The Bertz CT molecular complexity index is 578. The summed E-state index contributed by atoms with van der Waals surface area (Å²) in [6.45, 7) is 2.30. The summed E-state index contributed by atoms with van der Waals surface area (Å²) in [4.78, 5) is 0. The van der Waals surface area contributed by atoms with E-state index in [1.54, 1.807) is 0 Å². The summed E-state index contributed by atoms with van der Waals surface area (Å²) in [6.07, 6.45) is 0. The van der Waals surface area contributed by atoms with Crippen LogP contribution in [0.25, 0.3) is 11.1 Å². The highest BCUT2D eigenvalue weighted by Crippen LogP contribution is 2.37. The quantitative estimate of drug-likeness (QED) is 0.762. The Hall–Kier alpha value is -2.16. The second-order valence-electron chi connectivity index (χ2n) is 4.10. The first-order valence-electron chi connectivity index (χ1n) is 5.51. The van der Waals surface area contributed by atoms with Crippen LogP contribution in [0.2, 0.25) is 0 Å². The number of nitrogens with two attached hydrogens (primary N) is 1. The van der Waals surface area contributed by atoms with E-state index in [0.29, 0.717) is 6.79 Å². The van der Waals surface area contributed by atoms with Crippen LogP contribution in [0, 0.1) is 6.92 Å². The molecule has 0 saturated carbocycles. The minimum absolute atomic E-state index is 0.294. The van der Waals surface area contributed by atoms with Gasteiger partial charge in [-0.1, -0.05) is 24.3 Å². The Kier molecular flexibility index (Phi) is 2.18. The molecule has 0 fully saturated rings. The average molecular weight is 227 g/mol. The molecule has 0 unspecified atom stereocenters. The molecular weight excluding hydrogens is 214 g/mol. The van der Waals surface area contributed by atoms with Gasteiger partial charge in [0.15, 0.2) is 11.5 Å². The number of hydrogen-bond acceptors (Lipinski definition) is 3. The van der Waals surface area contributed by atoms with Crippen LogP contribution >= 0.6 is 0 Å². The number of para-hydroxylation sites is 1. The van der Waals surface area contributed by atoms with E-state index in [1.165, 1.54) is 0 Å². The molecule has 0 bridgehead atoms. The van der Waals surface area contributed by atoms with E-state index in [4.69, 9.17) is 15.2 Å². The number of anilines is 1. The molecule has 0 aromatic heterocycles. The molecular formula is C14H13NO2. The molecule has 17 heavy (non-hydrogen) atoms. The largest absolute Gasteiger partial charge is 0.454 e. The van der Waals surface area contributed by atoms with Gasteiger partial charge in [-0.2, -0.15) is 0 Å². The highest BCUT2D eigenvalue weighted by molar-refractivity contribution is 5.79. The molecule has 1 aliphatic rings. The van der Waals surface area contributed by atoms with E-state index in [1.807, 2.05) is 43.3 Å². The molecule has 3 heteroatoms. The zero-order chi connectivity index (χ0) is 11.8. The summed E-state index contributed by atoms with van der Waals surface area (Å²) in [7, 11) is 0. The minimum atomic E-state index is 0.294. The average Bonchev–Trinajstić information content (AvgIpc) is 2.79. The van der Waals surface area contributed by atoms with Gasteiger partial charge in [0.05, 0.1) is 0 Å². The van der Waals surface area contributed by atoms with Gasteiger partial charge in [0.25, 0.3) is 0 Å². The van der Waals surface area contributed by atoms with Crippen LogP contribution < -0.4 is 15.2 Å². The molecule has 0 radical (unpaired) electrons. The fourth-order valence-corrected chi connectivity index (χ4v) is 2.00. The summed E-state index contributed by atoms with van der Waals surface area (Å²) in [5, 5.41) is 0. The lowest BCUT2D eigenvalue weighted by atomic mass is 10.0. The number of aryl methyl sites for hydroxylation is 1. The van der Waals surface area contributed by atoms with Crippen molar-refractivity contribution in [3.63, 3.8) is 0 Å². The van der Waals surface area contributed by atoms with Crippen molar-refractivity contribution in [2.75, 3.05) is 12.5 Å². The smallest absolute Gasteiger partial charge is 0.231 e. The van der Waals surface area contributed by atoms with Gasteiger partial charge in [0, 0.05) is 11.3 Å². The molecule has 3 nitrogen and oxygen atoms in total. The van der Waals surface area contributed by atoms with Crippen molar-refractivity contribution in [2.24, 2.45) is 0 Å². The van der Waals surface area contributed by atoms with E-state index in [2.05, 4.69) is 0 Å². The number of benzene rings is 2. The molecule has 0 amide bonds. The number of ether oxygens (including phenoxy) is 2. The van der Waals surface area contributed by atoms with Gasteiger partial charge >= 0.3 is 0 Å². The SMILES string of the molecule is Cc1cccc(-c2ccc3c(c2)OCO3)c1N. The van der Waals surface area contributed by atoms with Crippen LogP contribution in [0.3, 0.4) is 0 Å². The molecule has 1 heterocycles. The number of hydrogen-bond donors (Lipinski definition) is 1. The van der Waals surface area contributed by atoms with Crippen LogP contribution in [-0.2, 0) is 0 Å². The maximum Gasteiger partial charge on any atom is 0.231 e. The second kappa shape index (κ2) is 3.70. The standard InChI is InChI=1S/C14H13NO2/c1-9-3-2-4-11(14(9)15)10-5-6-12-13(7-10)17-8-16-12/h2-7H,8,15H2,1H3. The molecule has 3 rings (SSSR count). The fraction of sp³-hybridized carbons (Fsp3) is 0.143. The monoisotopic (exact) mass is 227 g/mol. The molecule has 2 aromatic carbocycles. The lowest BCUT2D eigenvalue weighted by Crippen LogP contribution is -1.93. The lowest BCUT2D eigenvalue weighted by Gasteiger charge is -2.09. The van der Waals surface area contributed by atoms with Crippen molar-refractivity contribution in [1.29, 1.82) is 0 Å². The third-order valence-electron chi connectivity index (χ3n) is 3.01. The summed E-state index contributed by atoms with van der Waals surface area (Å²) in [5.41, 5.74) is 10.1. The minimum Gasteiger partial charge on any atom is -0.454 e. The summed E-state index contributed by atoms with van der Waals surface area (Å²) < 4.78 is 10.7. The van der Waals surface area contributed by atoms with Crippen LogP contribution in [-0.4, -0.2) is 6.79 Å². The van der Waals surface area contributed by atoms with Gasteiger partial charge in [-0.05, 0) is 30.2 Å². The van der Waals surface area contributed by atoms with Crippen molar-refractivity contribution in [3.8, 4) is 22.6 Å². The maximum absolute atomic E-state index is 6.09. The number of nitrogen functional groups attached to an aromatic ring is 1. The first kappa shape index (κ1) is 10.0. The van der Waals surface area contributed by atoms with Gasteiger partial charge in [-0.3, -0.25) is 0 Å². The molecule has 0 saturated heterocycles. The van der Waals surface area contributed by atoms with Crippen molar-refractivity contribution >= 4 is 5.69 Å². The van der Waals surface area contributed by atoms with E-state index >= 15 is 0 Å². The Morgan fingerprint density at radius 1 is 1.06 bits per heavy atom. The third-order valence-corrected chi connectivity index (χ3v) is 3.01. The van der Waals surface area contributed by atoms with Crippen LogP contribution in [0.1, 0.15) is 5.56 Å². The van der Waals surface area contributed by atoms with Crippen molar-refractivity contribution < 1.29 is 9.47 Å². The van der Waals surface area contributed by atoms with Gasteiger partial charge in [0.1, 0.15) is 0 Å². The first-order valence-corrected chi connectivity index (χ1v) is 5.51. The van der Waals surface area contributed by atoms with E-state index < -0.39 is 0 Å². The van der Waals surface area contributed by atoms with Crippen LogP contribution in [0.5, 0.6) is 11.5 Å². The lowest BCUT2D eigenvalue weighted by molar-refractivity contribution is 0.174. The van der Waals surface area contributed by atoms with Gasteiger partial charge in [-0.25, -0.2) is 0 Å². The normalized spacial score (nSPS) is 12.8. The predicted octanol–water partition coefficient (Wildman–Crippen LogP) is 2.97. The fourth-order valence-electron chi connectivity index (χ4n) is 2.00. The van der Waals surface area contributed by atoms with Gasteiger partial charge in [0.2, 0.25) is 6.79 Å². The van der Waals surface area contributed by atoms with Crippen LogP contribution in [0.4, 0.5) is 5.69 Å². The van der Waals surface area contributed by atoms with Crippen molar-refractivity contribution in [1.82, 2.24) is 0 Å². The predicted molar refractivity (Wildman–Crippen MR) is 67.2 cm³/mol. The molecule has 0 spiro atoms. The second-order valence-corrected chi connectivity index (χ2v) is 4.10. The Balaban J connectivity index is 2.13.